The van der Waals surface area contributed by atoms with E-state index < -0.39 is 0 Å². The first kappa shape index (κ1) is 9.21. The van der Waals surface area contributed by atoms with Crippen LogP contribution in [0.3, 0.4) is 0 Å². The van der Waals surface area contributed by atoms with Gasteiger partial charge in [-0.2, -0.15) is 0 Å². The Bertz CT molecular complexity index is 127. The highest BCUT2D eigenvalue weighted by molar-refractivity contribution is 5.86. The molecule has 57 valence electrons. The summed E-state index contributed by atoms with van der Waals surface area (Å²) in [4.78, 5) is 10.7. The highest BCUT2D eigenvalue weighted by atomic mass is 16.5. The van der Waals surface area contributed by atoms with Crippen LogP contribution in [0.4, 0.5) is 0 Å². The number of hydrogen-bond donors (Lipinski definition) is 0. The van der Waals surface area contributed by atoms with Gasteiger partial charge in [0.2, 0.25) is 0 Å². The molecular formula is C8H13O2. The maximum absolute atomic E-state index is 10.7. The van der Waals surface area contributed by atoms with Gasteiger partial charge in [0.05, 0.1) is 6.61 Å². The lowest BCUT2D eigenvalue weighted by atomic mass is 10.3. The van der Waals surface area contributed by atoms with E-state index in [1.54, 1.807) is 6.92 Å². The van der Waals surface area contributed by atoms with Gasteiger partial charge < -0.3 is 4.74 Å². The first-order valence-corrected chi connectivity index (χ1v) is 3.29. The molecule has 0 saturated heterocycles. The van der Waals surface area contributed by atoms with Crippen LogP contribution in [0.1, 0.15) is 20.3 Å². The Kier molecular flexibility index (Phi) is 4.63. The second kappa shape index (κ2) is 5.03. The minimum atomic E-state index is -0.304. The SMILES string of the molecule is C=C(C)C(=O)OCC[CH]C. The smallest absolute Gasteiger partial charge is 0.333 e. The number of carbonyl (C=O) groups is 1. The van der Waals surface area contributed by atoms with E-state index in [-0.39, 0.29) is 5.97 Å². The summed E-state index contributed by atoms with van der Waals surface area (Å²) in [6.45, 7) is 7.47. The molecule has 10 heavy (non-hydrogen) atoms. The van der Waals surface area contributed by atoms with Crippen LogP contribution in [0, 0.1) is 6.42 Å². The van der Waals surface area contributed by atoms with Crippen molar-refractivity contribution < 1.29 is 9.53 Å². The number of rotatable bonds is 4. The lowest BCUT2D eigenvalue weighted by molar-refractivity contribution is -0.138. The molecule has 0 aliphatic rings. The quantitative estimate of drug-likeness (QED) is 0.338. The zero-order chi connectivity index (χ0) is 7.98. The Morgan fingerprint density at radius 2 is 2.30 bits per heavy atom. The standard InChI is InChI=1S/C8H13O2/c1-4-5-6-10-8(9)7(2)3/h4H,2,5-6H2,1,3H3. The Morgan fingerprint density at radius 3 is 2.70 bits per heavy atom. The monoisotopic (exact) mass is 141 g/mol. The van der Waals surface area contributed by atoms with Gasteiger partial charge in [-0.05, 0) is 19.8 Å². The molecule has 0 aliphatic heterocycles. The summed E-state index contributed by atoms with van der Waals surface area (Å²) in [6.07, 6.45) is 2.75. The van der Waals surface area contributed by atoms with Gasteiger partial charge in [-0.15, -0.1) is 0 Å². The molecule has 0 saturated carbocycles. The van der Waals surface area contributed by atoms with Crippen LogP contribution in [0.2, 0.25) is 0 Å². The molecule has 0 bridgehead atoms. The van der Waals surface area contributed by atoms with Crippen LogP contribution in [0.5, 0.6) is 0 Å². The lowest BCUT2D eigenvalue weighted by Gasteiger charge is -2.00. The molecule has 0 heterocycles. The molecule has 0 amide bonds. The molecule has 0 unspecified atom stereocenters. The predicted octanol–water partition coefficient (Wildman–Crippen LogP) is 1.72. The van der Waals surface area contributed by atoms with Gasteiger partial charge >= 0.3 is 5.97 Å². The van der Waals surface area contributed by atoms with Crippen LogP contribution in [-0.4, -0.2) is 12.6 Å². The molecule has 0 spiro atoms. The number of ether oxygens (including phenoxy) is 1. The van der Waals surface area contributed by atoms with Gasteiger partial charge in [0.1, 0.15) is 0 Å². The summed E-state index contributed by atoms with van der Waals surface area (Å²) in [6, 6.07) is 0. The van der Waals surface area contributed by atoms with Gasteiger partial charge in [-0.3, -0.25) is 0 Å². The number of unbranched alkanes of at least 4 members (excludes halogenated alkanes) is 1. The second-order valence-corrected chi connectivity index (χ2v) is 2.11. The third kappa shape index (κ3) is 4.13. The van der Waals surface area contributed by atoms with E-state index in [0.29, 0.717) is 12.2 Å². The topological polar surface area (TPSA) is 26.3 Å². The van der Waals surface area contributed by atoms with Crippen LogP contribution in [-0.2, 0) is 9.53 Å². The van der Waals surface area contributed by atoms with Crippen molar-refractivity contribution in [3.63, 3.8) is 0 Å². The first-order chi connectivity index (χ1) is 4.68. The maximum Gasteiger partial charge on any atom is 0.333 e. The van der Waals surface area contributed by atoms with Crippen molar-refractivity contribution in [1.82, 2.24) is 0 Å². The average molecular weight is 141 g/mol. The Labute approximate surface area is 61.9 Å². The molecular weight excluding hydrogens is 128 g/mol. The van der Waals surface area contributed by atoms with Crippen molar-refractivity contribution >= 4 is 5.97 Å². The maximum atomic E-state index is 10.7. The molecule has 1 radical (unpaired) electrons. The normalized spacial score (nSPS) is 9.00. The largest absolute Gasteiger partial charge is 0.462 e. The van der Waals surface area contributed by atoms with Gasteiger partial charge in [0, 0.05) is 5.57 Å². The summed E-state index contributed by atoms with van der Waals surface area (Å²) in [5.41, 5.74) is 0.455. The van der Waals surface area contributed by atoms with Crippen molar-refractivity contribution in [1.29, 1.82) is 0 Å². The molecule has 0 aromatic carbocycles. The van der Waals surface area contributed by atoms with E-state index in [0.717, 1.165) is 6.42 Å². The lowest BCUT2D eigenvalue weighted by Crippen LogP contribution is -2.05. The molecule has 0 aliphatic carbocycles. The van der Waals surface area contributed by atoms with E-state index in [9.17, 15) is 4.79 Å². The first-order valence-electron chi connectivity index (χ1n) is 3.29. The van der Waals surface area contributed by atoms with Gasteiger partial charge in [-0.1, -0.05) is 13.5 Å². The molecule has 2 nitrogen and oxygen atoms in total. The summed E-state index contributed by atoms with van der Waals surface area (Å²) in [5, 5.41) is 0. The van der Waals surface area contributed by atoms with Crippen LogP contribution >= 0.6 is 0 Å². The van der Waals surface area contributed by atoms with Gasteiger partial charge in [0.25, 0.3) is 0 Å². The molecule has 0 aromatic heterocycles. The van der Waals surface area contributed by atoms with Crippen molar-refractivity contribution in [3.8, 4) is 0 Å². The molecule has 0 rings (SSSR count). The van der Waals surface area contributed by atoms with Crippen LogP contribution in [0.25, 0.3) is 0 Å². The van der Waals surface area contributed by atoms with Gasteiger partial charge in [-0.25, -0.2) is 4.79 Å². The van der Waals surface area contributed by atoms with E-state index >= 15 is 0 Å². The fraction of sp³-hybridized carbons (Fsp3) is 0.500. The summed E-state index contributed by atoms with van der Waals surface area (Å²) in [7, 11) is 0. The third-order valence-corrected chi connectivity index (χ3v) is 0.988. The zero-order valence-electron chi connectivity index (χ0n) is 6.52. The molecule has 2 heteroatoms. The van der Waals surface area contributed by atoms with Crippen LogP contribution < -0.4 is 0 Å². The highest BCUT2D eigenvalue weighted by Crippen LogP contribution is 1.93. The van der Waals surface area contributed by atoms with E-state index in [4.69, 9.17) is 4.74 Å². The van der Waals surface area contributed by atoms with Crippen LogP contribution in [0.15, 0.2) is 12.2 Å². The average Bonchev–Trinajstić information content (AvgIpc) is 1.88. The Hall–Kier alpha value is -0.790. The highest BCUT2D eigenvalue weighted by Gasteiger charge is 2.00. The molecule has 0 atom stereocenters. The zero-order valence-corrected chi connectivity index (χ0v) is 6.52. The molecule has 0 fully saturated rings. The summed E-state index contributed by atoms with van der Waals surface area (Å²) in [5.74, 6) is -0.304. The summed E-state index contributed by atoms with van der Waals surface area (Å²) < 4.78 is 4.77. The van der Waals surface area contributed by atoms with Crippen molar-refractivity contribution in [2.75, 3.05) is 6.61 Å². The predicted molar refractivity (Wildman–Crippen MR) is 40.4 cm³/mol. The summed E-state index contributed by atoms with van der Waals surface area (Å²) >= 11 is 0. The fourth-order valence-corrected chi connectivity index (χ4v) is 0.393. The number of carbonyl (C=O) groups excluding carboxylic acids is 1. The number of hydrogen-bond acceptors (Lipinski definition) is 2. The Balaban J connectivity index is 3.31. The third-order valence-electron chi connectivity index (χ3n) is 0.988. The van der Waals surface area contributed by atoms with Crippen molar-refractivity contribution in [2.24, 2.45) is 0 Å². The molecule has 0 N–H and O–H groups in total. The van der Waals surface area contributed by atoms with Crippen molar-refractivity contribution in [3.05, 3.63) is 18.6 Å². The van der Waals surface area contributed by atoms with E-state index in [1.165, 1.54) is 0 Å². The second-order valence-electron chi connectivity index (χ2n) is 2.11. The minimum Gasteiger partial charge on any atom is -0.462 e. The van der Waals surface area contributed by atoms with Gasteiger partial charge in [0.15, 0.2) is 0 Å². The Morgan fingerprint density at radius 1 is 1.70 bits per heavy atom. The fourth-order valence-electron chi connectivity index (χ4n) is 0.393. The van der Waals surface area contributed by atoms with E-state index in [1.807, 2.05) is 13.3 Å². The van der Waals surface area contributed by atoms with Crippen molar-refractivity contribution in [2.45, 2.75) is 20.3 Å². The number of esters is 1. The molecule has 0 aromatic rings. The minimum absolute atomic E-state index is 0.304. The van der Waals surface area contributed by atoms with E-state index in [2.05, 4.69) is 6.58 Å².